The number of aromatic nitrogens is 1. The first-order chi connectivity index (χ1) is 14.9. The number of benzene rings is 2. The number of fused-ring (bicyclic) bond motifs is 1. The van der Waals surface area contributed by atoms with Crippen LogP contribution in [0.15, 0.2) is 59.1 Å². The van der Waals surface area contributed by atoms with Gasteiger partial charge in [0.05, 0.1) is 11.1 Å². The zero-order valence-electron chi connectivity index (χ0n) is 16.8. The van der Waals surface area contributed by atoms with Gasteiger partial charge in [-0.2, -0.15) is 0 Å². The number of ketones is 1. The summed E-state index contributed by atoms with van der Waals surface area (Å²) >= 11 is 0. The minimum absolute atomic E-state index is 0.0336. The van der Waals surface area contributed by atoms with Gasteiger partial charge in [0.2, 0.25) is 17.3 Å². The van der Waals surface area contributed by atoms with Crippen LogP contribution >= 0.6 is 0 Å². The van der Waals surface area contributed by atoms with Crippen molar-refractivity contribution in [1.82, 2.24) is 4.98 Å². The van der Waals surface area contributed by atoms with Crippen molar-refractivity contribution in [3.05, 3.63) is 77.4 Å². The molecule has 2 aromatic carbocycles. The molecule has 4 N–H and O–H groups in total. The fraction of sp³-hybridized carbons (Fsp3) is 0.167. The lowest BCUT2D eigenvalue weighted by Crippen LogP contribution is -2.05. The van der Waals surface area contributed by atoms with Crippen LogP contribution in [-0.4, -0.2) is 38.7 Å². The number of carbonyl (C=O) groups excluding carboxylic acids is 1. The highest BCUT2D eigenvalue weighted by Gasteiger charge is 2.31. The average Bonchev–Trinajstić information content (AvgIpc) is 3.36. The van der Waals surface area contributed by atoms with Crippen LogP contribution in [0.1, 0.15) is 39.2 Å². The summed E-state index contributed by atoms with van der Waals surface area (Å²) in [7, 11) is 0. The Morgan fingerprint density at radius 3 is 2.48 bits per heavy atom. The van der Waals surface area contributed by atoms with E-state index in [0.29, 0.717) is 17.4 Å². The van der Waals surface area contributed by atoms with E-state index in [1.54, 1.807) is 36.4 Å². The van der Waals surface area contributed by atoms with Gasteiger partial charge in [-0.05, 0) is 23.5 Å². The second-order valence-electron chi connectivity index (χ2n) is 7.52. The number of aromatic hydroxyl groups is 1. The van der Waals surface area contributed by atoms with Gasteiger partial charge < -0.3 is 24.7 Å². The summed E-state index contributed by atoms with van der Waals surface area (Å²) in [5, 5.41) is 30.3. The van der Waals surface area contributed by atoms with Crippen molar-refractivity contribution in [1.29, 1.82) is 0 Å². The van der Waals surface area contributed by atoms with Crippen molar-refractivity contribution >= 4 is 22.7 Å². The summed E-state index contributed by atoms with van der Waals surface area (Å²) in [6.07, 6.45) is 2.14. The van der Waals surface area contributed by atoms with Gasteiger partial charge in [0.15, 0.2) is 5.75 Å². The van der Waals surface area contributed by atoms with Crippen LogP contribution in [0.2, 0.25) is 0 Å². The molecule has 0 radical (unpaired) electrons. The first kappa shape index (κ1) is 20.4. The largest absolute Gasteiger partial charge is 0.504 e. The molecule has 1 atom stereocenters. The van der Waals surface area contributed by atoms with Crippen LogP contribution in [0.5, 0.6) is 5.75 Å². The van der Waals surface area contributed by atoms with E-state index in [2.05, 4.69) is 4.98 Å². The molecular formula is C24H21NO6. The molecule has 2 heterocycles. The number of aromatic carboxylic acids is 1. The Labute approximate surface area is 177 Å². The zero-order chi connectivity index (χ0) is 22.1. The van der Waals surface area contributed by atoms with Gasteiger partial charge in [-0.1, -0.05) is 55.5 Å². The molecular weight excluding hydrogens is 398 g/mol. The monoisotopic (exact) mass is 419 g/mol. The van der Waals surface area contributed by atoms with Crippen LogP contribution in [0.25, 0.3) is 22.0 Å². The van der Waals surface area contributed by atoms with E-state index >= 15 is 0 Å². The number of aromatic amines is 1. The first-order valence-corrected chi connectivity index (χ1v) is 9.81. The number of aliphatic hydroxyl groups excluding tert-OH is 1. The molecule has 31 heavy (non-hydrogen) atoms. The lowest BCUT2D eigenvalue weighted by atomic mass is 9.98. The summed E-state index contributed by atoms with van der Waals surface area (Å²) in [5.74, 6) is -3.38. The summed E-state index contributed by atoms with van der Waals surface area (Å²) in [6.45, 7) is 1.97. The third-order valence-corrected chi connectivity index (χ3v) is 5.27. The molecule has 4 aromatic rings. The second-order valence-corrected chi connectivity index (χ2v) is 7.52. The number of H-pyrrole nitrogens is 1. The maximum absolute atomic E-state index is 13.2. The van der Waals surface area contributed by atoms with Crippen molar-refractivity contribution in [3.63, 3.8) is 0 Å². The number of rotatable bonds is 7. The highest BCUT2D eigenvalue weighted by atomic mass is 16.4. The van der Waals surface area contributed by atoms with E-state index in [1.165, 1.54) is 6.20 Å². The van der Waals surface area contributed by atoms with Gasteiger partial charge in [0.1, 0.15) is 0 Å². The molecule has 0 saturated heterocycles. The molecule has 7 nitrogen and oxygen atoms in total. The van der Waals surface area contributed by atoms with Crippen LogP contribution in [0.4, 0.5) is 0 Å². The predicted octanol–water partition coefficient (Wildman–Crippen LogP) is 4.23. The van der Waals surface area contributed by atoms with E-state index in [9.17, 15) is 24.9 Å². The number of aliphatic hydroxyl groups is 1. The third-order valence-electron chi connectivity index (χ3n) is 5.27. The molecule has 0 aliphatic rings. The molecule has 0 saturated carbocycles. The Morgan fingerprint density at radius 2 is 1.81 bits per heavy atom. The molecule has 1 unspecified atom stereocenters. The van der Waals surface area contributed by atoms with Gasteiger partial charge in [-0.3, -0.25) is 4.79 Å². The standard InChI is InChI=1S/C24H21NO6/c1-13(12-26)10-15-8-5-9-16-17(11-25-19(15)16)20(27)23-21(28)18(22(31-23)24(29)30)14-6-3-2-4-7-14/h2-9,11,13,25-26,28H,10,12H2,1H3,(H,29,30). The van der Waals surface area contributed by atoms with E-state index in [-0.39, 0.29) is 23.7 Å². The lowest BCUT2D eigenvalue weighted by Gasteiger charge is -2.08. The molecule has 0 amide bonds. The van der Waals surface area contributed by atoms with Gasteiger partial charge >= 0.3 is 5.97 Å². The lowest BCUT2D eigenvalue weighted by molar-refractivity contribution is 0.0661. The SMILES string of the molecule is CC(CO)Cc1cccc2c(C(=O)c3oc(C(=O)O)c(-c4ccccc4)c3O)c[nH]c12. The summed E-state index contributed by atoms with van der Waals surface area (Å²) < 4.78 is 5.36. The van der Waals surface area contributed by atoms with Crippen molar-refractivity contribution in [2.24, 2.45) is 5.92 Å². The van der Waals surface area contributed by atoms with Gasteiger partial charge in [0, 0.05) is 23.7 Å². The highest BCUT2D eigenvalue weighted by molar-refractivity contribution is 6.18. The Hall–Kier alpha value is -3.84. The third kappa shape index (κ3) is 3.60. The van der Waals surface area contributed by atoms with Gasteiger partial charge in [0.25, 0.3) is 0 Å². The predicted molar refractivity (Wildman–Crippen MR) is 114 cm³/mol. The minimum Gasteiger partial charge on any atom is -0.504 e. The van der Waals surface area contributed by atoms with Gasteiger partial charge in [-0.15, -0.1) is 0 Å². The quantitative estimate of drug-likeness (QED) is 0.332. The smallest absolute Gasteiger partial charge is 0.372 e. The fourth-order valence-corrected chi connectivity index (χ4v) is 3.74. The van der Waals surface area contributed by atoms with E-state index < -0.39 is 29.0 Å². The Bertz CT molecular complexity index is 1270. The highest BCUT2D eigenvalue weighted by Crippen LogP contribution is 2.40. The molecule has 0 fully saturated rings. The molecule has 158 valence electrons. The molecule has 7 heteroatoms. The van der Waals surface area contributed by atoms with Crippen molar-refractivity contribution in [2.75, 3.05) is 6.61 Å². The average molecular weight is 419 g/mol. The van der Waals surface area contributed by atoms with Crippen molar-refractivity contribution < 1.29 is 29.3 Å². The first-order valence-electron chi connectivity index (χ1n) is 9.81. The van der Waals surface area contributed by atoms with E-state index in [0.717, 1.165) is 11.1 Å². The normalized spacial score (nSPS) is 12.2. The molecule has 0 aliphatic carbocycles. The number of nitrogens with one attached hydrogen (secondary N) is 1. The number of carboxylic acid groups (broad SMARTS) is 1. The zero-order valence-corrected chi connectivity index (χ0v) is 16.8. The number of hydrogen-bond acceptors (Lipinski definition) is 5. The number of furan rings is 1. The topological polar surface area (TPSA) is 124 Å². The number of carboxylic acids is 1. The van der Waals surface area contributed by atoms with E-state index in [4.69, 9.17) is 4.42 Å². The van der Waals surface area contributed by atoms with Crippen molar-refractivity contribution in [2.45, 2.75) is 13.3 Å². The summed E-state index contributed by atoms with van der Waals surface area (Å²) in [4.78, 5) is 28.0. The molecule has 2 aromatic heterocycles. The Morgan fingerprint density at radius 1 is 1.06 bits per heavy atom. The van der Waals surface area contributed by atoms with Crippen molar-refractivity contribution in [3.8, 4) is 16.9 Å². The summed E-state index contributed by atoms with van der Waals surface area (Å²) in [5.41, 5.74) is 2.35. The molecule has 0 aliphatic heterocycles. The number of hydrogen-bond donors (Lipinski definition) is 4. The van der Waals surface area contributed by atoms with Crippen LogP contribution in [-0.2, 0) is 6.42 Å². The van der Waals surface area contributed by atoms with E-state index in [1.807, 2.05) is 19.1 Å². The summed E-state index contributed by atoms with van der Waals surface area (Å²) in [6, 6.07) is 13.9. The molecule has 4 rings (SSSR count). The Balaban J connectivity index is 1.82. The molecule has 0 bridgehead atoms. The Kier molecular flexibility index (Phi) is 5.35. The van der Waals surface area contributed by atoms with Crippen LogP contribution in [0, 0.1) is 5.92 Å². The minimum atomic E-state index is -1.38. The number of carbonyl (C=O) groups is 2. The fourth-order valence-electron chi connectivity index (χ4n) is 3.74. The maximum Gasteiger partial charge on any atom is 0.372 e. The van der Waals surface area contributed by atoms with Gasteiger partial charge in [-0.25, -0.2) is 4.79 Å². The molecule has 0 spiro atoms. The van der Waals surface area contributed by atoms with Crippen LogP contribution in [0.3, 0.4) is 0 Å². The number of para-hydroxylation sites is 1. The second kappa shape index (κ2) is 8.12. The van der Waals surface area contributed by atoms with Crippen LogP contribution < -0.4 is 0 Å². The maximum atomic E-state index is 13.2.